The van der Waals surface area contributed by atoms with E-state index < -0.39 is 11.9 Å². The zero-order chi connectivity index (χ0) is 15.6. The summed E-state index contributed by atoms with van der Waals surface area (Å²) in [5.41, 5.74) is 0.842. The number of halogens is 1. The quantitative estimate of drug-likeness (QED) is 0.902. The van der Waals surface area contributed by atoms with Crippen LogP contribution in [0.1, 0.15) is 25.5 Å². The monoisotopic (exact) mass is 310 g/mol. The van der Waals surface area contributed by atoms with Crippen LogP contribution in [0.4, 0.5) is 4.79 Å². The topological polar surface area (TPSA) is 69.6 Å². The molecule has 1 aromatic rings. The minimum Gasteiger partial charge on any atom is -0.481 e. The average Bonchev–Trinajstić information content (AvgIpc) is 2.81. The number of rotatable bonds is 3. The van der Waals surface area contributed by atoms with E-state index in [0.717, 1.165) is 5.56 Å². The molecule has 21 heavy (non-hydrogen) atoms. The highest BCUT2D eigenvalue weighted by Gasteiger charge is 2.37. The third-order valence-corrected chi connectivity index (χ3v) is 4.27. The van der Waals surface area contributed by atoms with Crippen molar-refractivity contribution >= 4 is 23.6 Å². The first-order valence-corrected chi connectivity index (χ1v) is 7.30. The summed E-state index contributed by atoms with van der Waals surface area (Å²) in [6.45, 7) is 4.41. The number of likely N-dealkylation sites (tertiary alicyclic amines) is 1. The van der Waals surface area contributed by atoms with Gasteiger partial charge in [0.2, 0.25) is 0 Å². The first kappa shape index (κ1) is 15.6. The smallest absolute Gasteiger partial charge is 0.317 e. The zero-order valence-electron chi connectivity index (χ0n) is 12.0. The van der Waals surface area contributed by atoms with Gasteiger partial charge in [0, 0.05) is 18.1 Å². The van der Waals surface area contributed by atoms with E-state index in [0.29, 0.717) is 11.6 Å². The number of benzene rings is 1. The molecule has 0 aromatic heterocycles. The molecule has 1 aliphatic rings. The van der Waals surface area contributed by atoms with Gasteiger partial charge in [0.05, 0.1) is 12.0 Å². The predicted molar refractivity (Wildman–Crippen MR) is 80.3 cm³/mol. The van der Waals surface area contributed by atoms with Gasteiger partial charge in [0.1, 0.15) is 0 Å². The van der Waals surface area contributed by atoms with Gasteiger partial charge in [-0.15, -0.1) is 0 Å². The van der Waals surface area contributed by atoms with Crippen molar-refractivity contribution in [2.45, 2.75) is 19.9 Å². The summed E-state index contributed by atoms with van der Waals surface area (Å²) in [5.74, 6) is -1.38. The summed E-state index contributed by atoms with van der Waals surface area (Å²) in [6.07, 6.45) is 0. The first-order chi connectivity index (χ1) is 9.90. The van der Waals surface area contributed by atoms with Crippen LogP contribution in [0.15, 0.2) is 24.3 Å². The average molecular weight is 311 g/mol. The van der Waals surface area contributed by atoms with Crippen LogP contribution in [-0.2, 0) is 4.79 Å². The van der Waals surface area contributed by atoms with Crippen molar-refractivity contribution in [1.82, 2.24) is 10.2 Å². The number of nitrogens with zero attached hydrogens (tertiary/aromatic N) is 1. The maximum absolute atomic E-state index is 12.2. The molecule has 5 nitrogen and oxygen atoms in total. The molecule has 114 valence electrons. The summed E-state index contributed by atoms with van der Waals surface area (Å²) in [7, 11) is 0. The van der Waals surface area contributed by atoms with Crippen LogP contribution in [-0.4, -0.2) is 35.1 Å². The molecule has 1 saturated heterocycles. The van der Waals surface area contributed by atoms with Crippen LogP contribution in [0.5, 0.6) is 0 Å². The Balaban J connectivity index is 1.99. The second-order valence-corrected chi connectivity index (χ2v) is 5.93. The van der Waals surface area contributed by atoms with Crippen molar-refractivity contribution in [3.63, 3.8) is 0 Å². The van der Waals surface area contributed by atoms with Crippen LogP contribution < -0.4 is 5.32 Å². The van der Waals surface area contributed by atoms with E-state index in [4.69, 9.17) is 16.7 Å². The Hall–Kier alpha value is -1.75. The third kappa shape index (κ3) is 3.47. The van der Waals surface area contributed by atoms with Gasteiger partial charge in [-0.1, -0.05) is 36.7 Å². The van der Waals surface area contributed by atoms with Gasteiger partial charge >= 0.3 is 12.0 Å². The van der Waals surface area contributed by atoms with Crippen LogP contribution in [0.3, 0.4) is 0 Å². The highest BCUT2D eigenvalue weighted by Crippen LogP contribution is 2.25. The second-order valence-electron chi connectivity index (χ2n) is 5.52. The number of nitrogens with one attached hydrogen (secondary N) is 1. The lowest BCUT2D eigenvalue weighted by Crippen LogP contribution is -2.40. The van der Waals surface area contributed by atoms with E-state index in [1.807, 2.05) is 32.0 Å². The van der Waals surface area contributed by atoms with Gasteiger partial charge in [-0.2, -0.15) is 0 Å². The normalized spacial score (nSPS) is 22.9. The van der Waals surface area contributed by atoms with E-state index in [9.17, 15) is 9.59 Å². The second kappa shape index (κ2) is 6.35. The van der Waals surface area contributed by atoms with Crippen molar-refractivity contribution < 1.29 is 14.7 Å². The van der Waals surface area contributed by atoms with Gasteiger partial charge in [-0.3, -0.25) is 4.79 Å². The minimum absolute atomic E-state index is 0.0381. The molecule has 3 atom stereocenters. The Kier molecular flexibility index (Phi) is 4.73. The largest absolute Gasteiger partial charge is 0.481 e. The van der Waals surface area contributed by atoms with E-state index >= 15 is 0 Å². The van der Waals surface area contributed by atoms with E-state index in [2.05, 4.69) is 5.32 Å². The summed E-state index contributed by atoms with van der Waals surface area (Å²) in [5, 5.41) is 12.6. The molecule has 3 unspecified atom stereocenters. The van der Waals surface area contributed by atoms with E-state index in [-0.39, 0.29) is 24.5 Å². The molecule has 0 bridgehead atoms. The van der Waals surface area contributed by atoms with Crippen LogP contribution in [0.25, 0.3) is 0 Å². The third-order valence-electron chi connectivity index (χ3n) is 3.93. The maximum atomic E-state index is 12.2. The van der Waals surface area contributed by atoms with Crippen molar-refractivity contribution in [1.29, 1.82) is 0 Å². The standard InChI is InChI=1S/C15H19ClN2O3/c1-9-7-18(8-12(9)14(19)20)15(21)17-10(2)11-5-3-4-6-13(11)16/h3-6,9-10,12H,7-8H2,1-2H3,(H,17,21)(H,19,20). The van der Waals surface area contributed by atoms with Crippen LogP contribution in [0.2, 0.25) is 5.02 Å². The Morgan fingerprint density at radius 3 is 2.62 bits per heavy atom. The van der Waals surface area contributed by atoms with Crippen molar-refractivity contribution in [2.24, 2.45) is 11.8 Å². The molecule has 2 amide bonds. The number of carbonyl (C=O) groups excluding carboxylic acids is 1. The highest BCUT2D eigenvalue weighted by atomic mass is 35.5. The fourth-order valence-corrected chi connectivity index (χ4v) is 2.93. The molecule has 1 aliphatic heterocycles. The Labute approximate surface area is 128 Å². The molecule has 6 heteroatoms. The molecular formula is C15H19ClN2O3. The van der Waals surface area contributed by atoms with E-state index in [1.165, 1.54) is 0 Å². The SMILES string of the molecule is CC(NC(=O)N1CC(C)C(C(=O)O)C1)c1ccccc1Cl. The molecule has 1 fully saturated rings. The molecule has 0 spiro atoms. The van der Waals surface area contributed by atoms with Gasteiger partial charge in [0.25, 0.3) is 0 Å². The lowest BCUT2D eigenvalue weighted by atomic mass is 9.99. The molecule has 0 saturated carbocycles. The predicted octanol–water partition coefficient (Wildman–Crippen LogP) is 2.76. The number of hydrogen-bond donors (Lipinski definition) is 2. The number of carboxylic acid groups (broad SMARTS) is 1. The van der Waals surface area contributed by atoms with E-state index in [1.54, 1.807) is 11.0 Å². The Bertz CT molecular complexity index is 549. The number of urea groups is 1. The number of carboxylic acids is 1. The minimum atomic E-state index is -0.850. The van der Waals surface area contributed by atoms with Crippen LogP contribution >= 0.6 is 11.6 Å². The molecule has 2 N–H and O–H groups in total. The zero-order valence-corrected chi connectivity index (χ0v) is 12.8. The van der Waals surface area contributed by atoms with Gasteiger partial charge < -0.3 is 15.3 Å². The number of hydrogen-bond acceptors (Lipinski definition) is 2. The Morgan fingerprint density at radius 2 is 2.05 bits per heavy atom. The Morgan fingerprint density at radius 1 is 1.38 bits per heavy atom. The first-order valence-electron chi connectivity index (χ1n) is 6.92. The number of carbonyl (C=O) groups is 2. The molecule has 0 radical (unpaired) electrons. The molecule has 2 rings (SSSR count). The van der Waals surface area contributed by atoms with Crippen molar-refractivity contribution in [3.8, 4) is 0 Å². The fraction of sp³-hybridized carbons (Fsp3) is 0.467. The highest BCUT2D eigenvalue weighted by molar-refractivity contribution is 6.31. The molecular weight excluding hydrogens is 292 g/mol. The van der Waals surface area contributed by atoms with Gasteiger partial charge in [-0.05, 0) is 24.5 Å². The lowest BCUT2D eigenvalue weighted by molar-refractivity contribution is -0.142. The molecule has 1 heterocycles. The van der Waals surface area contributed by atoms with Gasteiger partial charge in [0.15, 0.2) is 0 Å². The summed E-state index contributed by atoms with van der Waals surface area (Å²) in [4.78, 5) is 24.9. The van der Waals surface area contributed by atoms with Crippen LogP contribution in [0, 0.1) is 11.8 Å². The molecule has 1 aromatic carbocycles. The molecule has 0 aliphatic carbocycles. The number of aliphatic carboxylic acids is 1. The summed E-state index contributed by atoms with van der Waals surface area (Å²) < 4.78 is 0. The summed E-state index contributed by atoms with van der Waals surface area (Å²) in [6, 6.07) is 6.85. The summed E-state index contributed by atoms with van der Waals surface area (Å²) >= 11 is 6.11. The number of amides is 2. The lowest BCUT2D eigenvalue weighted by Gasteiger charge is -2.21. The van der Waals surface area contributed by atoms with Gasteiger partial charge in [-0.25, -0.2) is 4.79 Å². The maximum Gasteiger partial charge on any atom is 0.317 e. The fourth-order valence-electron chi connectivity index (χ4n) is 2.63. The van der Waals surface area contributed by atoms with Crippen molar-refractivity contribution in [3.05, 3.63) is 34.9 Å². The van der Waals surface area contributed by atoms with Crippen molar-refractivity contribution in [2.75, 3.05) is 13.1 Å².